The van der Waals surface area contributed by atoms with Gasteiger partial charge in [-0.15, -0.1) is 0 Å². The van der Waals surface area contributed by atoms with E-state index >= 15 is 17.6 Å². The Morgan fingerprint density at radius 3 is 1.25 bits per heavy atom. The van der Waals surface area contributed by atoms with E-state index in [1.165, 1.54) is 12.1 Å². The Hall–Kier alpha value is -6.41. The van der Waals surface area contributed by atoms with Gasteiger partial charge >= 0.3 is 0 Å². The lowest BCUT2D eigenvalue weighted by molar-refractivity contribution is 0.419. The SMILES string of the molecule is Fc1cc2c3c(c1F)Oc1ccccc1B3c1cc3c(cc1N2c1ccccc1)N(c1ccccc1)c1cc(F)c(F)c2c1B3c1ccccc1O2. The van der Waals surface area contributed by atoms with Gasteiger partial charge in [-0.25, -0.2) is 8.78 Å². The van der Waals surface area contributed by atoms with Crippen LogP contribution in [0.3, 0.4) is 0 Å². The summed E-state index contributed by atoms with van der Waals surface area (Å²) in [5, 5.41) is 0. The van der Waals surface area contributed by atoms with Gasteiger partial charge in [0.1, 0.15) is 11.5 Å². The van der Waals surface area contributed by atoms with E-state index in [1.54, 1.807) is 24.3 Å². The molecular weight excluding hydrogens is 662 g/mol. The highest BCUT2D eigenvalue weighted by Gasteiger charge is 2.48. The smallest absolute Gasteiger partial charge is 0.256 e. The van der Waals surface area contributed by atoms with Crippen molar-refractivity contribution in [1.82, 2.24) is 0 Å². The van der Waals surface area contributed by atoms with Gasteiger partial charge in [0, 0.05) is 57.2 Å². The fourth-order valence-corrected chi connectivity index (χ4v) is 8.57. The lowest BCUT2D eigenvalue weighted by atomic mass is 9.31. The lowest BCUT2D eigenvalue weighted by Gasteiger charge is -2.44. The molecule has 0 spiro atoms. The zero-order valence-corrected chi connectivity index (χ0v) is 27.1. The van der Waals surface area contributed by atoms with E-state index in [1.807, 2.05) is 101 Å². The molecule has 0 N–H and O–H groups in total. The van der Waals surface area contributed by atoms with Crippen LogP contribution >= 0.6 is 0 Å². The molecule has 52 heavy (non-hydrogen) atoms. The van der Waals surface area contributed by atoms with E-state index in [-0.39, 0.29) is 11.5 Å². The first-order valence-corrected chi connectivity index (χ1v) is 16.9. The van der Waals surface area contributed by atoms with Crippen LogP contribution in [0.4, 0.5) is 51.7 Å². The van der Waals surface area contributed by atoms with E-state index in [9.17, 15) is 0 Å². The maximum absolute atomic E-state index is 15.9. The molecule has 0 fully saturated rings. The summed E-state index contributed by atoms with van der Waals surface area (Å²) in [7, 11) is 0. The molecule has 0 bridgehead atoms. The molecule has 0 aromatic heterocycles. The minimum Gasteiger partial charge on any atom is -0.455 e. The molecule has 11 rings (SSSR count). The Labute approximate surface area is 296 Å². The van der Waals surface area contributed by atoms with Crippen molar-refractivity contribution in [2.75, 3.05) is 9.80 Å². The second-order valence-corrected chi connectivity index (χ2v) is 13.3. The second-order valence-electron chi connectivity index (χ2n) is 13.3. The zero-order valence-electron chi connectivity index (χ0n) is 27.1. The highest BCUT2D eigenvalue weighted by atomic mass is 19.2. The van der Waals surface area contributed by atoms with Gasteiger partial charge in [0.15, 0.2) is 23.1 Å². The summed E-state index contributed by atoms with van der Waals surface area (Å²) in [6, 6.07) is 40.4. The number of ether oxygens (including phenoxy) is 2. The normalized spacial score (nSPS) is 13.9. The Bertz CT molecular complexity index is 2500. The third-order valence-electron chi connectivity index (χ3n) is 10.6. The first-order valence-electron chi connectivity index (χ1n) is 16.9. The minimum absolute atomic E-state index is 0.157. The van der Waals surface area contributed by atoms with Crippen molar-refractivity contribution in [2.24, 2.45) is 0 Å². The number of benzene rings is 7. The molecule has 0 radical (unpaired) electrons. The van der Waals surface area contributed by atoms with E-state index in [0.29, 0.717) is 33.8 Å². The number of fused-ring (bicyclic) bond motifs is 8. The van der Waals surface area contributed by atoms with Crippen molar-refractivity contribution in [3.8, 4) is 23.0 Å². The number of hydrogen-bond donors (Lipinski definition) is 0. The summed E-state index contributed by atoms with van der Waals surface area (Å²) in [6.07, 6.45) is 0. The first kappa shape index (κ1) is 29.3. The Kier molecular flexibility index (Phi) is 5.95. The molecule has 0 aliphatic carbocycles. The predicted octanol–water partition coefficient (Wildman–Crippen LogP) is 7.05. The van der Waals surface area contributed by atoms with Gasteiger partial charge in [0.2, 0.25) is 11.6 Å². The van der Waals surface area contributed by atoms with Crippen LogP contribution in [0.2, 0.25) is 0 Å². The molecule has 0 unspecified atom stereocenters. The van der Waals surface area contributed by atoms with Crippen LogP contribution in [0.25, 0.3) is 0 Å². The number of anilines is 6. The van der Waals surface area contributed by atoms with Gasteiger partial charge in [-0.05, 0) is 64.3 Å². The van der Waals surface area contributed by atoms with Crippen molar-refractivity contribution in [2.45, 2.75) is 0 Å². The lowest BCUT2D eigenvalue weighted by Crippen LogP contribution is -2.64. The van der Waals surface area contributed by atoms with E-state index < -0.39 is 36.7 Å². The maximum atomic E-state index is 15.9. The zero-order chi connectivity index (χ0) is 34.8. The summed E-state index contributed by atoms with van der Waals surface area (Å²) in [6.45, 7) is -1.09. The van der Waals surface area contributed by atoms with Gasteiger partial charge in [0.05, 0.1) is 0 Å². The van der Waals surface area contributed by atoms with E-state index in [2.05, 4.69) is 6.07 Å². The summed E-state index contributed by atoms with van der Waals surface area (Å²) in [5.41, 5.74) is 8.05. The number of nitrogens with zero attached hydrogens (tertiary/aromatic N) is 2. The van der Waals surface area contributed by atoms with Gasteiger partial charge in [0.25, 0.3) is 13.4 Å². The predicted molar refractivity (Wildman–Crippen MR) is 198 cm³/mol. The molecule has 7 aromatic carbocycles. The molecular formula is C42H22B2F4N2O2. The van der Waals surface area contributed by atoms with Crippen LogP contribution in [0.5, 0.6) is 23.0 Å². The maximum Gasteiger partial charge on any atom is 0.256 e. The highest BCUT2D eigenvalue weighted by Crippen LogP contribution is 2.47. The third-order valence-corrected chi connectivity index (χ3v) is 10.6. The Balaban J connectivity index is 1.29. The highest BCUT2D eigenvalue weighted by molar-refractivity contribution is 7.02. The number of halogens is 4. The summed E-state index contributed by atoms with van der Waals surface area (Å²) < 4.78 is 75.4. The fourth-order valence-electron chi connectivity index (χ4n) is 8.57. The third kappa shape index (κ3) is 3.83. The fraction of sp³-hybridized carbons (Fsp3) is 0. The number of para-hydroxylation sites is 4. The molecule has 246 valence electrons. The Morgan fingerprint density at radius 2 is 0.808 bits per heavy atom. The van der Waals surface area contributed by atoms with Gasteiger partial charge in [-0.1, -0.05) is 78.9 Å². The van der Waals surface area contributed by atoms with Crippen LogP contribution in [0, 0.1) is 23.3 Å². The average Bonchev–Trinajstić information content (AvgIpc) is 3.18. The molecule has 4 heterocycles. The van der Waals surface area contributed by atoms with E-state index in [0.717, 1.165) is 44.6 Å². The van der Waals surface area contributed by atoms with Crippen molar-refractivity contribution in [1.29, 1.82) is 0 Å². The molecule has 4 aliphatic rings. The molecule has 10 heteroatoms. The summed E-state index contributed by atoms with van der Waals surface area (Å²) in [4.78, 5) is 3.86. The van der Waals surface area contributed by atoms with E-state index in [4.69, 9.17) is 9.47 Å². The quantitative estimate of drug-likeness (QED) is 0.144. The van der Waals surface area contributed by atoms with Crippen LogP contribution < -0.4 is 52.1 Å². The molecule has 0 amide bonds. The topological polar surface area (TPSA) is 24.9 Å². The van der Waals surface area contributed by atoms with Crippen LogP contribution in [0.1, 0.15) is 0 Å². The number of rotatable bonds is 2. The van der Waals surface area contributed by atoms with Crippen LogP contribution in [0.15, 0.2) is 133 Å². The van der Waals surface area contributed by atoms with Crippen LogP contribution in [-0.4, -0.2) is 13.4 Å². The van der Waals surface area contributed by atoms with Crippen molar-refractivity contribution in [3.05, 3.63) is 157 Å². The number of hydrogen-bond acceptors (Lipinski definition) is 4. The van der Waals surface area contributed by atoms with Crippen molar-refractivity contribution >= 4 is 80.3 Å². The monoisotopic (exact) mass is 684 g/mol. The first-order chi connectivity index (χ1) is 25.5. The molecule has 0 atom stereocenters. The molecule has 0 saturated carbocycles. The summed E-state index contributed by atoms with van der Waals surface area (Å²) in [5.74, 6) is -3.63. The van der Waals surface area contributed by atoms with Crippen molar-refractivity contribution in [3.63, 3.8) is 0 Å². The minimum atomic E-state index is -1.06. The van der Waals surface area contributed by atoms with Gasteiger partial charge < -0.3 is 19.3 Å². The molecule has 4 aliphatic heterocycles. The molecule has 4 nitrogen and oxygen atoms in total. The van der Waals surface area contributed by atoms with Crippen LogP contribution in [-0.2, 0) is 0 Å². The second kappa shape index (κ2) is 10.6. The van der Waals surface area contributed by atoms with Gasteiger partial charge in [-0.2, -0.15) is 8.78 Å². The molecule has 0 saturated heterocycles. The van der Waals surface area contributed by atoms with Gasteiger partial charge in [-0.3, -0.25) is 0 Å². The average molecular weight is 684 g/mol. The standard InChI is InChI=1S/C42H22B2F4N2O2/c45-29-20-33-37-41(39(29)47)51-35-17-9-7-15-25(35)43(37)27-19-28-32(22-31(27)49(33)23-11-3-1-4-12-23)50(24-13-5-2-6-14-24)34-21-30(46)40(48)42-38(34)44(28)26-16-8-10-18-36(26)52-42/h1-22H. The molecule has 7 aromatic rings. The summed E-state index contributed by atoms with van der Waals surface area (Å²) >= 11 is 0. The van der Waals surface area contributed by atoms with Crippen molar-refractivity contribution < 1.29 is 27.0 Å². The largest absolute Gasteiger partial charge is 0.455 e. The Morgan fingerprint density at radius 1 is 0.404 bits per heavy atom.